The van der Waals surface area contributed by atoms with Gasteiger partial charge < -0.3 is 5.11 Å². The Morgan fingerprint density at radius 1 is 1.33 bits per heavy atom. The van der Waals surface area contributed by atoms with Crippen molar-refractivity contribution in [1.82, 2.24) is 0 Å². The van der Waals surface area contributed by atoms with Crippen molar-refractivity contribution >= 4 is 22.6 Å². The van der Waals surface area contributed by atoms with Crippen LogP contribution in [0.4, 0.5) is 0 Å². The summed E-state index contributed by atoms with van der Waals surface area (Å²) in [6, 6.07) is 6.38. The molecular weight excluding hydrogens is 263 g/mol. The van der Waals surface area contributed by atoms with Gasteiger partial charge in [-0.2, -0.15) is 0 Å². The van der Waals surface area contributed by atoms with E-state index in [4.69, 9.17) is 5.11 Å². The van der Waals surface area contributed by atoms with Crippen molar-refractivity contribution in [3.8, 4) is 0 Å². The topological polar surface area (TPSA) is 20.2 Å². The van der Waals surface area contributed by atoms with Crippen LogP contribution in [0.1, 0.15) is 29.9 Å². The van der Waals surface area contributed by atoms with Gasteiger partial charge in [-0.05, 0) is 64.6 Å². The summed E-state index contributed by atoms with van der Waals surface area (Å²) >= 11 is 2.30. The van der Waals surface area contributed by atoms with Gasteiger partial charge in [-0.3, -0.25) is 0 Å². The second kappa shape index (κ2) is 3.34. The van der Waals surface area contributed by atoms with E-state index in [2.05, 4.69) is 34.7 Å². The van der Waals surface area contributed by atoms with E-state index in [9.17, 15) is 0 Å². The summed E-state index contributed by atoms with van der Waals surface area (Å²) in [5, 5.41) is 8.99. The normalized spacial score (nSPS) is 16.5. The maximum absolute atomic E-state index is 8.99. The molecule has 0 amide bonds. The van der Waals surface area contributed by atoms with E-state index in [0.29, 0.717) is 0 Å². The Bertz CT molecular complexity index is 292. The fourth-order valence-corrected chi connectivity index (χ4v) is 2.18. The highest BCUT2D eigenvalue weighted by molar-refractivity contribution is 14.1. The zero-order chi connectivity index (χ0) is 8.55. The molecular formula is C10H11IO. The third-order valence-corrected chi connectivity index (χ3v) is 2.83. The third kappa shape index (κ3) is 1.80. The van der Waals surface area contributed by atoms with Crippen molar-refractivity contribution in [2.45, 2.75) is 25.4 Å². The highest BCUT2D eigenvalue weighted by atomic mass is 127. The van der Waals surface area contributed by atoms with Gasteiger partial charge in [0.25, 0.3) is 0 Å². The summed E-state index contributed by atoms with van der Waals surface area (Å²) in [6.45, 7) is 0.163. The van der Waals surface area contributed by atoms with Gasteiger partial charge in [0.2, 0.25) is 0 Å². The Hall–Kier alpha value is -0.0900. The molecule has 1 fully saturated rings. The van der Waals surface area contributed by atoms with E-state index < -0.39 is 0 Å². The first kappa shape index (κ1) is 8.51. The van der Waals surface area contributed by atoms with Gasteiger partial charge in [-0.15, -0.1) is 0 Å². The van der Waals surface area contributed by atoms with E-state index in [0.717, 1.165) is 11.5 Å². The van der Waals surface area contributed by atoms with Crippen LogP contribution in [0.5, 0.6) is 0 Å². The average molecular weight is 274 g/mol. The fourth-order valence-electron chi connectivity index (χ4n) is 1.42. The van der Waals surface area contributed by atoms with Crippen molar-refractivity contribution < 1.29 is 5.11 Å². The lowest BCUT2D eigenvalue weighted by atomic mass is 10.1. The number of hydrogen-bond acceptors (Lipinski definition) is 1. The zero-order valence-electron chi connectivity index (χ0n) is 6.76. The number of hydrogen-bond donors (Lipinski definition) is 1. The minimum atomic E-state index is 0.163. The Labute approximate surface area is 85.9 Å². The van der Waals surface area contributed by atoms with Gasteiger partial charge in [0.05, 0.1) is 6.61 Å². The summed E-state index contributed by atoms with van der Waals surface area (Å²) in [5.74, 6) is 0.782. The lowest BCUT2D eigenvalue weighted by Crippen LogP contribution is -1.88. The molecule has 0 atom stereocenters. The molecule has 1 aromatic rings. The molecule has 2 heteroatoms. The standard InChI is InChI=1S/C10H11IO/c11-10-4-7(6-12)3-9(5-10)8-1-2-8/h3-5,8,12H,1-2,6H2. The Morgan fingerprint density at radius 3 is 2.67 bits per heavy atom. The van der Waals surface area contributed by atoms with Crippen molar-refractivity contribution in [2.75, 3.05) is 0 Å². The molecule has 0 spiro atoms. The van der Waals surface area contributed by atoms with Gasteiger partial charge in [0.15, 0.2) is 0 Å². The number of halogens is 1. The smallest absolute Gasteiger partial charge is 0.0682 e. The molecule has 1 aliphatic rings. The van der Waals surface area contributed by atoms with E-state index in [-0.39, 0.29) is 6.61 Å². The highest BCUT2D eigenvalue weighted by Crippen LogP contribution is 2.40. The maximum Gasteiger partial charge on any atom is 0.0682 e. The number of benzene rings is 1. The van der Waals surface area contributed by atoms with E-state index in [1.165, 1.54) is 22.0 Å². The summed E-state index contributed by atoms with van der Waals surface area (Å²) < 4.78 is 1.24. The Balaban J connectivity index is 2.34. The molecule has 0 aromatic heterocycles. The molecule has 0 unspecified atom stereocenters. The van der Waals surface area contributed by atoms with Gasteiger partial charge in [0, 0.05) is 3.57 Å². The molecule has 1 aromatic carbocycles. The summed E-state index contributed by atoms with van der Waals surface area (Å²) in [6.07, 6.45) is 2.65. The quantitative estimate of drug-likeness (QED) is 0.822. The van der Waals surface area contributed by atoms with Crippen LogP contribution >= 0.6 is 22.6 Å². The molecule has 64 valence electrons. The SMILES string of the molecule is OCc1cc(I)cc(C2CC2)c1. The maximum atomic E-state index is 8.99. The molecule has 0 heterocycles. The van der Waals surface area contributed by atoms with E-state index in [1.54, 1.807) is 0 Å². The van der Waals surface area contributed by atoms with Crippen LogP contribution in [0.15, 0.2) is 18.2 Å². The van der Waals surface area contributed by atoms with Gasteiger partial charge in [0.1, 0.15) is 0 Å². The van der Waals surface area contributed by atoms with Crippen LogP contribution in [0.3, 0.4) is 0 Å². The van der Waals surface area contributed by atoms with Crippen LogP contribution in [-0.4, -0.2) is 5.11 Å². The Morgan fingerprint density at radius 2 is 2.08 bits per heavy atom. The summed E-state index contributed by atoms with van der Waals surface area (Å²) in [7, 11) is 0. The second-order valence-corrected chi connectivity index (χ2v) is 4.57. The van der Waals surface area contributed by atoms with Crippen LogP contribution in [-0.2, 0) is 6.61 Å². The van der Waals surface area contributed by atoms with Crippen molar-refractivity contribution in [1.29, 1.82) is 0 Å². The molecule has 1 saturated carbocycles. The summed E-state index contributed by atoms with van der Waals surface area (Å²) in [4.78, 5) is 0. The van der Waals surface area contributed by atoms with Crippen molar-refractivity contribution in [3.63, 3.8) is 0 Å². The molecule has 0 aliphatic heterocycles. The van der Waals surface area contributed by atoms with Crippen molar-refractivity contribution in [3.05, 3.63) is 32.9 Å². The van der Waals surface area contributed by atoms with Gasteiger partial charge in [-0.1, -0.05) is 6.07 Å². The molecule has 0 bridgehead atoms. The Kier molecular flexibility index (Phi) is 2.37. The molecule has 0 saturated heterocycles. The van der Waals surface area contributed by atoms with Crippen molar-refractivity contribution in [2.24, 2.45) is 0 Å². The molecule has 1 aliphatic carbocycles. The predicted molar refractivity (Wildman–Crippen MR) is 57.1 cm³/mol. The minimum absolute atomic E-state index is 0.163. The predicted octanol–water partition coefficient (Wildman–Crippen LogP) is 2.66. The minimum Gasteiger partial charge on any atom is -0.392 e. The second-order valence-electron chi connectivity index (χ2n) is 3.33. The van der Waals surface area contributed by atoms with E-state index in [1.807, 2.05) is 6.07 Å². The van der Waals surface area contributed by atoms with Crippen LogP contribution in [0.2, 0.25) is 0 Å². The van der Waals surface area contributed by atoms with E-state index >= 15 is 0 Å². The average Bonchev–Trinajstić information content (AvgIpc) is 2.85. The van der Waals surface area contributed by atoms with Gasteiger partial charge >= 0.3 is 0 Å². The van der Waals surface area contributed by atoms with Gasteiger partial charge in [-0.25, -0.2) is 0 Å². The number of aliphatic hydroxyl groups is 1. The first-order valence-corrected chi connectivity index (χ1v) is 5.27. The highest BCUT2D eigenvalue weighted by Gasteiger charge is 2.23. The molecule has 2 rings (SSSR count). The molecule has 1 N–H and O–H groups in total. The van der Waals surface area contributed by atoms with Crippen LogP contribution in [0.25, 0.3) is 0 Å². The van der Waals surface area contributed by atoms with Crippen LogP contribution < -0.4 is 0 Å². The third-order valence-electron chi connectivity index (χ3n) is 2.21. The largest absolute Gasteiger partial charge is 0.392 e. The molecule has 1 nitrogen and oxygen atoms in total. The first-order valence-electron chi connectivity index (χ1n) is 4.20. The molecule has 12 heavy (non-hydrogen) atoms. The monoisotopic (exact) mass is 274 g/mol. The number of aliphatic hydroxyl groups excluding tert-OH is 1. The summed E-state index contributed by atoms with van der Waals surface area (Å²) in [5.41, 5.74) is 2.45. The first-order chi connectivity index (χ1) is 5.79. The number of rotatable bonds is 2. The fraction of sp³-hybridized carbons (Fsp3) is 0.400. The zero-order valence-corrected chi connectivity index (χ0v) is 8.91. The lowest BCUT2D eigenvalue weighted by molar-refractivity contribution is 0.281. The molecule has 0 radical (unpaired) electrons. The lowest BCUT2D eigenvalue weighted by Gasteiger charge is -2.02. The van der Waals surface area contributed by atoms with Crippen LogP contribution in [0, 0.1) is 3.57 Å².